The minimum atomic E-state index is -4.02. The summed E-state index contributed by atoms with van der Waals surface area (Å²) in [4.78, 5) is 12.8. The molecule has 3 aromatic rings. The van der Waals surface area contributed by atoms with Crippen LogP contribution in [0.25, 0.3) is 0 Å². The van der Waals surface area contributed by atoms with Gasteiger partial charge >= 0.3 is 0 Å². The lowest BCUT2D eigenvalue weighted by Crippen LogP contribution is -2.40. The van der Waals surface area contributed by atoms with Crippen LogP contribution in [0.5, 0.6) is 11.5 Å². The monoisotopic (exact) mass is 468 g/mol. The largest absolute Gasteiger partial charge is 0.497 e. The second kappa shape index (κ2) is 11.0. The van der Waals surface area contributed by atoms with Crippen LogP contribution in [-0.2, 0) is 27.9 Å². The SMILES string of the molecule is COc1ccc(CNC(=O)CN(Cc2ccccc2)S(=O)(=O)c2cc(C)ccc2OC)cc1. The van der Waals surface area contributed by atoms with Crippen molar-refractivity contribution >= 4 is 15.9 Å². The van der Waals surface area contributed by atoms with Crippen LogP contribution in [0.3, 0.4) is 0 Å². The third kappa shape index (κ3) is 6.34. The molecular weight excluding hydrogens is 440 g/mol. The van der Waals surface area contributed by atoms with Gasteiger partial charge in [0, 0.05) is 13.1 Å². The zero-order chi connectivity index (χ0) is 23.8. The topological polar surface area (TPSA) is 84.9 Å². The molecule has 0 saturated carbocycles. The van der Waals surface area contributed by atoms with Crippen LogP contribution in [-0.4, -0.2) is 39.4 Å². The van der Waals surface area contributed by atoms with Gasteiger partial charge < -0.3 is 14.8 Å². The average Bonchev–Trinajstić information content (AvgIpc) is 2.83. The van der Waals surface area contributed by atoms with Crippen molar-refractivity contribution in [3.05, 3.63) is 89.5 Å². The second-order valence-electron chi connectivity index (χ2n) is 7.54. The number of sulfonamides is 1. The molecule has 0 atom stereocenters. The van der Waals surface area contributed by atoms with Gasteiger partial charge in [0.15, 0.2) is 0 Å². The number of hydrogen-bond donors (Lipinski definition) is 1. The summed E-state index contributed by atoms with van der Waals surface area (Å²) < 4.78 is 38.8. The first kappa shape index (κ1) is 24.3. The standard InChI is InChI=1S/C25H28N2O5S/c1-19-9-14-23(32-3)24(15-19)33(29,30)27(17-21-7-5-4-6-8-21)18-25(28)26-16-20-10-12-22(31-2)13-11-20/h4-15H,16-18H2,1-3H3,(H,26,28). The fourth-order valence-electron chi connectivity index (χ4n) is 3.30. The van der Waals surface area contributed by atoms with E-state index in [9.17, 15) is 13.2 Å². The number of nitrogens with one attached hydrogen (secondary N) is 1. The van der Waals surface area contributed by atoms with Crippen LogP contribution >= 0.6 is 0 Å². The highest BCUT2D eigenvalue weighted by Crippen LogP contribution is 2.28. The average molecular weight is 469 g/mol. The number of ether oxygens (including phenoxy) is 2. The Morgan fingerprint density at radius 2 is 1.61 bits per heavy atom. The van der Waals surface area contributed by atoms with E-state index < -0.39 is 15.9 Å². The summed E-state index contributed by atoms with van der Waals surface area (Å²) in [5, 5.41) is 2.80. The van der Waals surface area contributed by atoms with Gasteiger partial charge in [-0.05, 0) is 47.9 Å². The van der Waals surface area contributed by atoms with Gasteiger partial charge in [-0.2, -0.15) is 4.31 Å². The number of nitrogens with zero attached hydrogens (tertiary/aromatic N) is 1. The predicted molar refractivity (Wildman–Crippen MR) is 127 cm³/mol. The number of carbonyl (C=O) groups is 1. The van der Waals surface area contributed by atoms with Gasteiger partial charge in [0.05, 0.1) is 20.8 Å². The van der Waals surface area contributed by atoms with Crippen molar-refractivity contribution in [3.63, 3.8) is 0 Å². The van der Waals surface area contributed by atoms with Gasteiger partial charge in [-0.3, -0.25) is 4.79 Å². The Kier molecular flexibility index (Phi) is 8.08. The molecule has 0 spiro atoms. The Hall–Kier alpha value is -3.36. The molecule has 3 rings (SSSR count). The number of aryl methyl sites for hydroxylation is 1. The molecule has 0 aliphatic rings. The first-order valence-electron chi connectivity index (χ1n) is 10.4. The van der Waals surface area contributed by atoms with E-state index in [2.05, 4.69) is 5.32 Å². The molecule has 1 amide bonds. The summed E-state index contributed by atoms with van der Waals surface area (Å²) in [7, 11) is -1.01. The summed E-state index contributed by atoms with van der Waals surface area (Å²) in [6.07, 6.45) is 0. The minimum Gasteiger partial charge on any atom is -0.497 e. The molecule has 0 radical (unpaired) electrons. The molecule has 0 unspecified atom stereocenters. The molecular formula is C25H28N2O5S. The van der Waals surface area contributed by atoms with Gasteiger partial charge in [0.25, 0.3) is 0 Å². The molecule has 7 nitrogen and oxygen atoms in total. The van der Waals surface area contributed by atoms with Crippen molar-refractivity contribution in [1.82, 2.24) is 9.62 Å². The Labute approximate surface area is 195 Å². The Balaban J connectivity index is 1.83. The van der Waals surface area contributed by atoms with E-state index >= 15 is 0 Å². The predicted octanol–water partition coefficient (Wildman–Crippen LogP) is 3.52. The smallest absolute Gasteiger partial charge is 0.247 e. The molecule has 174 valence electrons. The van der Waals surface area contributed by atoms with Gasteiger partial charge in [0.2, 0.25) is 15.9 Å². The summed E-state index contributed by atoms with van der Waals surface area (Å²) in [5.74, 6) is 0.548. The van der Waals surface area contributed by atoms with Gasteiger partial charge in [-0.15, -0.1) is 0 Å². The fraction of sp³-hybridized carbons (Fsp3) is 0.240. The number of amides is 1. The summed E-state index contributed by atoms with van der Waals surface area (Å²) >= 11 is 0. The number of carbonyl (C=O) groups excluding carboxylic acids is 1. The van der Waals surface area contributed by atoms with E-state index in [0.29, 0.717) is 0 Å². The van der Waals surface area contributed by atoms with E-state index in [1.54, 1.807) is 37.4 Å². The van der Waals surface area contributed by atoms with Crippen LogP contribution in [0.15, 0.2) is 77.7 Å². The van der Waals surface area contributed by atoms with Crippen molar-refractivity contribution in [2.75, 3.05) is 20.8 Å². The van der Waals surface area contributed by atoms with Gasteiger partial charge in [-0.25, -0.2) is 8.42 Å². The third-order valence-electron chi connectivity index (χ3n) is 5.11. The fourth-order valence-corrected chi connectivity index (χ4v) is 4.92. The molecule has 0 aliphatic heterocycles. The maximum absolute atomic E-state index is 13.6. The molecule has 3 aromatic carbocycles. The molecule has 0 saturated heterocycles. The zero-order valence-electron chi connectivity index (χ0n) is 18.9. The highest BCUT2D eigenvalue weighted by molar-refractivity contribution is 7.89. The van der Waals surface area contributed by atoms with E-state index in [-0.39, 0.29) is 30.3 Å². The van der Waals surface area contributed by atoms with Crippen molar-refractivity contribution in [2.24, 2.45) is 0 Å². The van der Waals surface area contributed by atoms with Crippen LogP contribution in [0, 0.1) is 6.92 Å². The molecule has 0 heterocycles. The van der Waals surface area contributed by atoms with Crippen LogP contribution in [0.4, 0.5) is 0 Å². The number of hydrogen-bond acceptors (Lipinski definition) is 5. The first-order chi connectivity index (χ1) is 15.8. The number of benzene rings is 3. The maximum Gasteiger partial charge on any atom is 0.247 e. The molecule has 1 N–H and O–H groups in total. The van der Waals surface area contributed by atoms with Crippen molar-refractivity contribution in [1.29, 1.82) is 0 Å². The molecule has 0 fully saturated rings. The summed E-state index contributed by atoms with van der Waals surface area (Å²) in [5.41, 5.74) is 2.43. The van der Waals surface area contributed by atoms with E-state index in [1.165, 1.54) is 11.4 Å². The molecule has 33 heavy (non-hydrogen) atoms. The lowest BCUT2D eigenvalue weighted by atomic mass is 10.2. The second-order valence-corrected chi connectivity index (χ2v) is 9.44. The van der Waals surface area contributed by atoms with E-state index in [0.717, 1.165) is 22.4 Å². The maximum atomic E-state index is 13.6. The van der Waals surface area contributed by atoms with Crippen molar-refractivity contribution in [3.8, 4) is 11.5 Å². The highest BCUT2D eigenvalue weighted by Gasteiger charge is 2.30. The molecule has 8 heteroatoms. The van der Waals surface area contributed by atoms with E-state index in [1.807, 2.05) is 49.4 Å². The lowest BCUT2D eigenvalue weighted by Gasteiger charge is -2.23. The molecule has 0 bridgehead atoms. The normalized spacial score (nSPS) is 11.3. The summed E-state index contributed by atoms with van der Waals surface area (Å²) in [6, 6.07) is 21.4. The van der Waals surface area contributed by atoms with Crippen LogP contribution < -0.4 is 14.8 Å². The van der Waals surface area contributed by atoms with Gasteiger partial charge in [-0.1, -0.05) is 48.5 Å². The zero-order valence-corrected chi connectivity index (χ0v) is 19.8. The summed E-state index contributed by atoms with van der Waals surface area (Å²) in [6.45, 7) is 1.80. The minimum absolute atomic E-state index is 0.0314. The van der Waals surface area contributed by atoms with Gasteiger partial charge in [0.1, 0.15) is 16.4 Å². The number of rotatable bonds is 10. The molecule has 0 aliphatic carbocycles. The van der Waals surface area contributed by atoms with Crippen molar-refractivity contribution < 1.29 is 22.7 Å². The Morgan fingerprint density at radius 1 is 0.909 bits per heavy atom. The third-order valence-corrected chi connectivity index (χ3v) is 6.92. The quantitative estimate of drug-likeness (QED) is 0.492. The van der Waals surface area contributed by atoms with E-state index in [4.69, 9.17) is 9.47 Å². The van der Waals surface area contributed by atoms with Crippen LogP contribution in [0.2, 0.25) is 0 Å². The number of methoxy groups -OCH3 is 2. The Bertz CT molecular complexity index is 1180. The lowest BCUT2D eigenvalue weighted by molar-refractivity contribution is -0.121. The van der Waals surface area contributed by atoms with Crippen LogP contribution in [0.1, 0.15) is 16.7 Å². The first-order valence-corrected chi connectivity index (χ1v) is 11.9. The highest BCUT2D eigenvalue weighted by atomic mass is 32.2. The molecule has 0 aromatic heterocycles. The van der Waals surface area contributed by atoms with Crippen molar-refractivity contribution in [2.45, 2.75) is 24.9 Å². The Morgan fingerprint density at radius 3 is 2.24 bits per heavy atom.